The van der Waals surface area contributed by atoms with Gasteiger partial charge in [-0.1, -0.05) is 13.8 Å². The lowest BCUT2D eigenvalue weighted by atomic mass is 10.2. The zero-order valence-corrected chi connectivity index (χ0v) is 11.9. The molecule has 3 nitrogen and oxygen atoms in total. The van der Waals surface area contributed by atoms with Crippen LogP contribution in [0.5, 0.6) is 0 Å². The summed E-state index contributed by atoms with van der Waals surface area (Å²) in [5.41, 5.74) is 0.716. The highest BCUT2D eigenvalue weighted by Gasteiger charge is 2.14. The molecule has 5 heteroatoms. The van der Waals surface area contributed by atoms with Crippen LogP contribution in [0.15, 0.2) is 12.3 Å². The van der Waals surface area contributed by atoms with Crippen molar-refractivity contribution in [3.63, 3.8) is 0 Å². The highest BCUT2D eigenvalue weighted by Crippen LogP contribution is 2.21. The molecule has 0 bridgehead atoms. The van der Waals surface area contributed by atoms with Crippen LogP contribution in [0.3, 0.4) is 0 Å². The van der Waals surface area contributed by atoms with Crippen molar-refractivity contribution in [2.75, 3.05) is 31.7 Å². The highest BCUT2D eigenvalue weighted by atomic mass is 35.5. The molecular weight excluding hydrogens is 255 g/mol. The smallest absolute Gasteiger partial charge is 0.141 e. The number of anilines is 1. The molecule has 0 fully saturated rings. The van der Waals surface area contributed by atoms with E-state index in [1.165, 1.54) is 12.3 Å². The average molecular weight is 275 g/mol. The van der Waals surface area contributed by atoms with Gasteiger partial charge in [0, 0.05) is 25.8 Å². The molecule has 0 unspecified atom stereocenters. The molecule has 0 saturated carbocycles. The Morgan fingerprint density at radius 2 is 2.22 bits per heavy atom. The van der Waals surface area contributed by atoms with Gasteiger partial charge in [0.25, 0.3) is 0 Å². The summed E-state index contributed by atoms with van der Waals surface area (Å²) in [6, 6.07) is 1.44. The Hall–Kier alpha value is -0.870. The molecule has 0 saturated heterocycles. The second-order valence-corrected chi connectivity index (χ2v) is 4.87. The molecule has 102 valence electrons. The average Bonchev–Trinajstić information content (AvgIpc) is 2.34. The number of rotatable bonds is 7. The molecular formula is C13H20ClFN2O. The molecule has 0 atom stereocenters. The fraction of sp³-hybridized carbons (Fsp3) is 0.615. The van der Waals surface area contributed by atoms with Crippen LogP contribution in [0.2, 0.25) is 0 Å². The lowest BCUT2D eigenvalue weighted by Gasteiger charge is -2.27. The fourth-order valence-electron chi connectivity index (χ4n) is 1.78. The number of nitrogens with zero attached hydrogens (tertiary/aromatic N) is 2. The molecule has 0 aliphatic carbocycles. The molecule has 18 heavy (non-hydrogen) atoms. The van der Waals surface area contributed by atoms with Gasteiger partial charge in [-0.05, 0) is 12.0 Å². The molecule has 1 rings (SSSR count). The van der Waals surface area contributed by atoms with Gasteiger partial charge >= 0.3 is 0 Å². The number of hydrogen-bond acceptors (Lipinski definition) is 3. The normalized spacial score (nSPS) is 11.0. The molecule has 0 aliphatic rings. The van der Waals surface area contributed by atoms with Gasteiger partial charge in [0.1, 0.15) is 11.6 Å². The van der Waals surface area contributed by atoms with Gasteiger partial charge in [-0.3, -0.25) is 0 Å². The van der Waals surface area contributed by atoms with E-state index in [0.717, 1.165) is 18.9 Å². The van der Waals surface area contributed by atoms with Gasteiger partial charge in [-0.2, -0.15) is 0 Å². The van der Waals surface area contributed by atoms with Crippen LogP contribution in [-0.4, -0.2) is 31.8 Å². The van der Waals surface area contributed by atoms with E-state index < -0.39 is 0 Å². The van der Waals surface area contributed by atoms with Crippen molar-refractivity contribution in [2.45, 2.75) is 19.7 Å². The van der Waals surface area contributed by atoms with Crippen molar-refractivity contribution in [2.24, 2.45) is 5.92 Å². The standard InChI is InChI=1S/C13H20ClFN2O/c1-10(2)9-17(4-5-18-3)13-11(7-14)6-12(15)8-16-13/h6,8,10H,4-5,7,9H2,1-3H3. The Morgan fingerprint density at radius 3 is 2.78 bits per heavy atom. The van der Waals surface area contributed by atoms with Crippen molar-refractivity contribution < 1.29 is 9.13 Å². The molecule has 0 aliphatic heterocycles. The summed E-state index contributed by atoms with van der Waals surface area (Å²) < 4.78 is 18.2. The topological polar surface area (TPSA) is 25.4 Å². The number of methoxy groups -OCH3 is 1. The Morgan fingerprint density at radius 1 is 1.50 bits per heavy atom. The molecule has 0 amide bonds. The maximum absolute atomic E-state index is 13.1. The SMILES string of the molecule is COCCN(CC(C)C)c1ncc(F)cc1CCl. The van der Waals surface area contributed by atoms with Gasteiger partial charge in [0.2, 0.25) is 0 Å². The summed E-state index contributed by atoms with van der Waals surface area (Å²) in [6.07, 6.45) is 1.23. The first kappa shape index (κ1) is 15.2. The maximum Gasteiger partial charge on any atom is 0.141 e. The third-order valence-electron chi connectivity index (χ3n) is 2.50. The van der Waals surface area contributed by atoms with Crippen LogP contribution in [0, 0.1) is 11.7 Å². The van der Waals surface area contributed by atoms with E-state index >= 15 is 0 Å². The monoisotopic (exact) mass is 274 g/mol. The largest absolute Gasteiger partial charge is 0.383 e. The minimum atomic E-state index is -0.356. The molecule has 0 spiro atoms. The van der Waals surface area contributed by atoms with Gasteiger partial charge in [0.15, 0.2) is 0 Å². The molecule has 1 aromatic heterocycles. The Labute approximate surface area is 113 Å². The van der Waals surface area contributed by atoms with Crippen LogP contribution in [0.4, 0.5) is 10.2 Å². The summed E-state index contributed by atoms with van der Waals surface area (Å²) >= 11 is 5.85. The van der Waals surface area contributed by atoms with Crippen LogP contribution in [0.1, 0.15) is 19.4 Å². The van der Waals surface area contributed by atoms with E-state index in [1.54, 1.807) is 7.11 Å². The first-order valence-corrected chi connectivity index (χ1v) is 6.56. The number of ether oxygens (including phenoxy) is 1. The van der Waals surface area contributed by atoms with Gasteiger partial charge in [-0.15, -0.1) is 11.6 Å². The quantitative estimate of drug-likeness (QED) is 0.715. The number of hydrogen-bond donors (Lipinski definition) is 0. The van der Waals surface area contributed by atoms with E-state index in [9.17, 15) is 4.39 Å². The van der Waals surface area contributed by atoms with Gasteiger partial charge in [0.05, 0.1) is 18.7 Å². The zero-order valence-electron chi connectivity index (χ0n) is 11.1. The lowest BCUT2D eigenvalue weighted by molar-refractivity contribution is 0.204. The van der Waals surface area contributed by atoms with E-state index in [0.29, 0.717) is 18.1 Å². The second-order valence-electron chi connectivity index (χ2n) is 4.60. The van der Waals surface area contributed by atoms with Crippen LogP contribution < -0.4 is 4.90 Å². The van der Waals surface area contributed by atoms with E-state index in [1.807, 2.05) is 0 Å². The van der Waals surface area contributed by atoms with E-state index in [-0.39, 0.29) is 11.7 Å². The highest BCUT2D eigenvalue weighted by molar-refractivity contribution is 6.17. The first-order valence-electron chi connectivity index (χ1n) is 6.02. The van der Waals surface area contributed by atoms with Crippen molar-refractivity contribution in [1.82, 2.24) is 4.98 Å². The Bertz CT molecular complexity index is 374. The maximum atomic E-state index is 13.1. The van der Waals surface area contributed by atoms with E-state index in [2.05, 4.69) is 23.7 Å². The number of aromatic nitrogens is 1. The summed E-state index contributed by atoms with van der Waals surface area (Å²) in [5, 5.41) is 0. The number of halogens is 2. The second kappa shape index (κ2) is 7.54. The third-order valence-corrected chi connectivity index (χ3v) is 2.79. The van der Waals surface area contributed by atoms with Crippen LogP contribution in [0.25, 0.3) is 0 Å². The lowest BCUT2D eigenvalue weighted by Crippen LogP contribution is -2.32. The molecule has 0 radical (unpaired) electrons. The summed E-state index contributed by atoms with van der Waals surface area (Å²) in [5.74, 6) is 1.13. The Balaban J connectivity index is 2.95. The van der Waals surface area contributed by atoms with Crippen LogP contribution >= 0.6 is 11.6 Å². The van der Waals surface area contributed by atoms with E-state index in [4.69, 9.17) is 16.3 Å². The fourth-order valence-corrected chi connectivity index (χ4v) is 1.98. The van der Waals surface area contributed by atoms with Crippen molar-refractivity contribution in [3.05, 3.63) is 23.6 Å². The zero-order chi connectivity index (χ0) is 13.5. The number of alkyl halides is 1. The van der Waals surface area contributed by atoms with Crippen molar-refractivity contribution in [1.29, 1.82) is 0 Å². The van der Waals surface area contributed by atoms with Crippen molar-refractivity contribution in [3.8, 4) is 0 Å². The minimum Gasteiger partial charge on any atom is -0.383 e. The van der Waals surface area contributed by atoms with Crippen molar-refractivity contribution >= 4 is 17.4 Å². The predicted molar refractivity (Wildman–Crippen MR) is 72.7 cm³/mol. The first-order chi connectivity index (χ1) is 8.58. The molecule has 1 heterocycles. The summed E-state index contributed by atoms with van der Waals surface area (Å²) in [6.45, 7) is 6.42. The minimum absolute atomic E-state index is 0.252. The third kappa shape index (κ3) is 4.42. The summed E-state index contributed by atoms with van der Waals surface area (Å²) in [4.78, 5) is 6.25. The molecule has 0 aromatic carbocycles. The van der Waals surface area contributed by atoms with Crippen LogP contribution in [-0.2, 0) is 10.6 Å². The summed E-state index contributed by atoms with van der Waals surface area (Å²) in [7, 11) is 1.66. The van der Waals surface area contributed by atoms with Gasteiger partial charge < -0.3 is 9.64 Å². The predicted octanol–water partition coefficient (Wildman–Crippen LogP) is 3.07. The Kier molecular flexibility index (Phi) is 6.36. The number of pyridine rings is 1. The van der Waals surface area contributed by atoms with Gasteiger partial charge in [-0.25, -0.2) is 9.37 Å². The molecule has 1 aromatic rings. The molecule has 0 N–H and O–H groups in total.